The summed E-state index contributed by atoms with van der Waals surface area (Å²) in [5, 5.41) is 4.60. The third-order valence-corrected chi connectivity index (χ3v) is 7.81. The van der Waals surface area contributed by atoms with Crippen LogP contribution >= 0.6 is 0 Å². The van der Waals surface area contributed by atoms with E-state index in [1.54, 1.807) is 0 Å². The molecular formula is C36H33NO. The van der Waals surface area contributed by atoms with Gasteiger partial charge in [-0.1, -0.05) is 99.1 Å². The molecular weight excluding hydrogens is 462 g/mol. The van der Waals surface area contributed by atoms with Gasteiger partial charge >= 0.3 is 0 Å². The Labute approximate surface area is 224 Å². The molecule has 0 saturated heterocycles. The summed E-state index contributed by atoms with van der Waals surface area (Å²) in [5.74, 6) is 0.0583. The van der Waals surface area contributed by atoms with Gasteiger partial charge in [0.15, 0.2) is 5.78 Å². The van der Waals surface area contributed by atoms with E-state index in [1.807, 2.05) is 49.4 Å². The number of ketones is 1. The second-order valence-corrected chi connectivity index (χ2v) is 11.4. The van der Waals surface area contributed by atoms with Gasteiger partial charge in [-0.15, -0.1) is 0 Å². The molecule has 0 unspecified atom stereocenters. The highest BCUT2D eigenvalue weighted by Gasteiger charge is 2.22. The molecule has 0 aliphatic carbocycles. The van der Waals surface area contributed by atoms with E-state index >= 15 is 0 Å². The zero-order valence-corrected chi connectivity index (χ0v) is 22.8. The van der Waals surface area contributed by atoms with Crippen molar-refractivity contribution in [3.63, 3.8) is 0 Å². The summed E-state index contributed by atoms with van der Waals surface area (Å²) < 4.78 is 2.38. The van der Waals surface area contributed by atoms with Crippen molar-refractivity contribution in [1.29, 1.82) is 0 Å². The van der Waals surface area contributed by atoms with Crippen LogP contribution in [0.25, 0.3) is 43.7 Å². The minimum absolute atomic E-state index is 0.0583. The molecule has 0 aliphatic heterocycles. The van der Waals surface area contributed by atoms with Gasteiger partial charge in [-0.3, -0.25) is 4.79 Å². The molecule has 1 heterocycles. The van der Waals surface area contributed by atoms with Crippen molar-refractivity contribution >= 4 is 38.4 Å². The van der Waals surface area contributed by atoms with Gasteiger partial charge in [0.05, 0.1) is 0 Å². The van der Waals surface area contributed by atoms with Crippen LogP contribution in [-0.2, 0) is 12.0 Å². The van der Waals surface area contributed by atoms with Crippen molar-refractivity contribution < 1.29 is 4.79 Å². The molecule has 0 spiro atoms. The Hall–Kier alpha value is -4.17. The Morgan fingerprint density at radius 3 is 2.13 bits per heavy atom. The summed E-state index contributed by atoms with van der Waals surface area (Å²) in [4.78, 5) is 14.2. The fourth-order valence-corrected chi connectivity index (χ4v) is 5.68. The van der Waals surface area contributed by atoms with E-state index in [0.29, 0.717) is 5.56 Å². The van der Waals surface area contributed by atoms with Crippen molar-refractivity contribution in [2.75, 3.05) is 0 Å². The van der Waals surface area contributed by atoms with Crippen molar-refractivity contribution in [2.45, 2.75) is 46.6 Å². The van der Waals surface area contributed by atoms with Crippen LogP contribution in [0.1, 0.15) is 54.7 Å². The summed E-state index contributed by atoms with van der Waals surface area (Å²) >= 11 is 0. The minimum atomic E-state index is 0.0583. The maximum absolute atomic E-state index is 14.2. The standard InChI is InChI=1S/C36H33NO/c1-6-37-32-19-17-27(36(3,4)5)21-31(32)30-20-26-16-18-28(24-10-8-7-9-11-24)34(29(26)22-33(30)37)35(38)25-14-12-23(2)13-15-25/h7-22H,6H2,1-5H3. The zero-order chi connectivity index (χ0) is 26.6. The zero-order valence-electron chi connectivity index (χ0n) is 22.8. The Morgan fingerprint density at radius 1 is 0.737 bits per heavy atom. The van der Waals surface area contributed by atoms with E-state index in [4.69, 9.17) is 0 Å². The van der Waals surface area contributed by atoms with Crippen LogP contribution in [0.4, 0.5) is 0 Å². The van der Waals surface area contributed by atoms with Crippen LogP contribution in [0.2, 0.25) is 0 Å². The maximum Gasteiger partial charge on any atom is 0.194 e. The highest BCUT2D eigenvalue weighted by atomic mass is 16.1. The molecule has 0 radical (unpaired) electrons. The molecule has 1 aromatic heterocycles. The van der Waals surface area contributed by atoms with E-state index < -0.39 is 0 Å². The molecule has 0 amide bonds. The molecule has 0 N–H and O–H groups in total. The molecule has 0 saturated carbocycles. The van der Waals surface area contributed by atoms with E-state index in [1.165, 1.54) is 27.4 Å². The predicted molar refractivity (Wildman–Crippen MR) is 161 cm³/mol. The third kappa shape index (κ3) is 3.92. The van der Waals surface area contributed by atoms with Gasteiger partial charge in [-0.25, -0.2) is 0 Å². The number of rotatable bonds is 4. The minimum Gasteiger partial charge on any atom is -0.341 e. The normalized spacial score (nSPS) is 12.0. The number of nitrogens with zero attached hydrogens (tertiary/aromatic N) is 1. The van der Waals surface area contributed by atoms with Crippen LogP contribution in [0.3, 0.4) is 0 Å². The highest BCUT2D eigenvalue weighted by molar-refractivity contribution is 6.23. The van der Waals surface area contributed by atoms with E-state index in [9.17, 15) is 4.79 Å². The van der Waals surface area contributed by atoms with Gasteiger partial charge in [0.25, 0.3) is 0 Å². The molecule has 2 nitrogen and oxygen atoms in total. The molecule has 2 heteroatoms. The molecule has 38 heavy (non-hydrogen) atoms. The summed E-state index contributed by atoms with van der Waals surface area (Å²) in [6, 6.07) is 33.9. The Kier molecular flexibility index (Phi) is 5.72. The molecule has 6 aromatic rings. The number of carbonyl (C=O) groups excluding carboxylic acids is 1. The quantitative estimate of drug-likeness (QED) is 0.223. The van der Waals surface area contributed by atoms with E-state index in [2.05, 4.69) is 86.9 Å². The van der Waals surface area contributed by atoms with Crippen LogP contribution in [0.5, 0.6) is 0 Å². The molecule has 188 valence electrons. The average molecular weight is 496 g/mol. The number of carbonyl (C=O) groups is 1. The number of benzene rings is 5. The van der Waals surface area contributed by atoms with E-state index in [-0.39, 0.29) is 11.2 Å². The lowest BCUT2D eigenvalue weighted by atomic mass is 9.86. The maximum atomic E-state index is 14.2. The fourth-order valence-electron chi connectivity index (χ4n) is 5.68. The number of hydrogen-bond donors (Lipinski definition) is 0. The first-order chi connectivity index (χ1) is 18.3. The summed E-state index contributed by atoms with van der Waals surface area (Å²) in [7, 11) is 0. The monoisotopic (exact) mass is 495 g/mol. The van der Waals surface area contributed by atoms with Crippen molar-refractivity contribution in [2.24, 2.45) is 0 Å². The molecule has 0 bridgehead atoms. The lowest BCUT2D eigenvalue weighted by Crippen LogP contribution is -2.10. The van der Waals surface area contributed by atoms with Crippen molar-refractivity contribution in [3.05, 3.63) is 119 Å². The third-order valence-electron chi connectivity index (χ3n) is 7.81. The van der Waals surface area contributed by atoms with E-state index in [0.717, 1.165) is 39.6 Å². The topological polar surface area (TPSA) is 22.0 Å². The Morgan fingerprint density at radius 2 is 1.45 bits per heavy atom. The lowest BCUT2D eigenvalue weighted by molar-refractivity contribution is 0.104. The Balaban J connectivity index is 1.70. The highest BCUT2D eigenvalue weighted by Crippen LogP contribution is 2.39. The molecule has 0 atom stereocenters. The lowest BCUT2D eigenvalue weighted by Gasteiger charge is -2.19. The van der Waals surface area contributed by atoms with Gasteiger partial charge in [0.1, 0.15) is 0 Å². The van der Waals surface area contributed by atoms with Crippen LogP contribution in [-0.4, -0.2) is 10.4 Å². The Bertz CT molecular complexity index is 1830. The summed E-state index contributed by atoms with van der Waals surface area (Å²) in [5.41, 5.74) is 8.46. The van der Waals surface area contributed by atoms with Gasteiger partial charge in [-0.2, -0.15) is 0 Å². The number of fused-ring (bicyclic) bond motifs is 4. The molecule has 0 fully saturated rings. The SMILES string of the molecule is CCn1c2ccc(C(C)(C)C)cc2c2cc3ccc(-c4ccccc4)c(C(=O)c4ccc(C)cc4)c3cc21. The summed E-state index contributed by atoms with van der Waals surface area (Å²) in [6.45, 7) is 11.9. The summed E-state index contributed by atoms with van der Waals surface area (Å²) in [6.07, 6.45) is 0. The first-order valence-electron chi connectivity index (χ1n) is 13.5. The largest absolute Gasteiger partial charge is 0.341 e. The molecule has 6 rings (SSSR count). The van der Waals surface area contributed by atoms with Crippen molar-refractivity contribution in [3.8, 4) is 11.1 Å². The first kappa shape index (κ1) is 24.2. The van der Waals surface area contributed by atoms with Gasteiger partial charge < -0.3 is 4.57 Å². The number of aryl methyl sites for hydroxylation is 2. The van der Waals surface area contributed by atoms with Gasteiger partial charge in [-0.05, 0) is 71.0 Å². The number of aromatic nitrogens is 1. The second-order valence-electron chi connectivity index (χ2n) is 11.4. The van der Waals surface area contributed by atoms with Gasteiger partial charge in [0.2, 0.25) is 0 Å². The predicted octanol–water partition coefficient (Wildman–Crippen LogP) is 9.47. The fraction of sp³-hybridized carbons (Fsp3) is 0.194. The second kappa shape index (κ2) is 8.99. The molecule has 5 aromatic carbocycles. The van der Waals surface area contributed by atoms with Crippen LogP contribution in [0.15, 0.2) is 97.1 Å². The van der Waals surface area contributed by atoms with Gasteiger partial charge in [0, 0.05) is 39.5 Å². The average Bonchev–Trinajstić information content (AvgIpc) is 3.23. The van der Waals surface area contributed by atoms with Crippen LogP contribution in [0, 0.1) is 6.92 Å². The molecule has 0 aliphatic rings. The number of hydrogen-bond acceptors (Lipinski definition) is 1. The van der Waals surface area contributed by atoms with Crippen LogP contribution < -0.4 is 0 Å². The van der Waals surface area contributed by atoms with Crippen molar-refractivity contribution in [1.82, 2.24) is 4.57 Å². The first-order valence-corrected chi connectivity index (χ1v) is 13.5. The smallest absolute Gasteiger partial charge is 0.194 e.